The fourth-order valence-electron chi connectivity index (χ4n) is 1.17. The summed E-state index contributed by atoms with van der Waals surface area (Å²) in [5.41, 5.74) is 6.84. The number of benzene rings is 1. The van der Waals surface area contributed by atoms with Gasteiger partial charge in [-0.15, -0.1) is 0 Å². The Kier molecular flexibility index (Phi) is 3.32. The van der Waals surface area contributed by atoms with Crippen LogP contribution in [-0.4, -0.2) is 11.1 Å². The number of phenols is 1. The normalized spacial score (nSPS) is 13.2. The second kappa shape index (κ2) is 4.28. The maximum Gasteiger partial charge on any atom is 0.118 e. The molecule has 0 saturated heterocycles. The molecule has 0 radical (unpaired) electrons. The summed E-state index contributed by atoms with van der Waals surface area (Å²) in [6, 6.07) is 7.47. The van der Waals surface area contributed by atoms with Crippen LogP contribution in [0.25, 0.3) is 0 Å². The highest BCUT2D eigenvalue weighted by Crippen LogP contribution is 2.18. The van der Waals surface area contributed by atoms with E-state index in [1.165, 1.54) is 0 Å². The van der Waals surface area contributed by atoms with Crippen molar-refractivity contribution in [3.8, 4) is 5.75 Å². The van der Waals surface area contributed by atoms with Gasteiger partial charge in [-0.25, -0.2) is 0 Å². The molecule has 0 amide bonds. The van der Waals surface area contributed by atoms with Gasteiger partial charge in [0.15, 0.2) is 0 Å². The molecule has 1 atom stereocenters. The van der Waals surface area contributed by atoms with Crippen molar-refractivity contribution in [3.05, 3.63) is 29.8 Å². The number of nitrogens with two attached hydrogens (primary N) is 1. The van der Waals surface area contributed by atoms with E-state index in [9.17, 15) is 5.11 Å². The number of para-hydroxylation sites is 1. The van der Waals surface area contributed by atoms with Crippen LogP contribution in [0.15, 0.2) is 24.3 Å². The fraction of sp³-hybridized carbons (Fsp3) is 0.455. The van der Waals surface area contributed by atoms with Gasteiger partial charge in [0.25, 0.3) is 0 Å². The van der Waals surface area contributed by atoms with Crippen molar-refractivity contribution >= 4 is 0 Å². The lowest BCUT2D eigenvalue weighted by Crippen LogP contribution is -2.28. The van der Waals surface area contributed by atoms with Crippen molar-refractivity contribution in [3.63, 3.8) is 0 Å². The molecule has 3 N–H and O–H groups in total. The molecule has 1 rings (SSSR count). The van der Waals surface area contributed by atoms with E-state index in [1.54, 1.807) is 6.07 Å². The van der Waals surface area contributed by atoms with Gasteiger partial charge in [-0.1, -0.05) is 32.0 Å². The minimum atomic E-state index is 0.119. The lowest BCUT2D eigenvalue weighted by Gasteiger charge is -2.15. The third-order valence-electron chi connectivity index (χ3n) is 2.30. The summed E-state index contributed by atoms with van der Waals surface area (Å²) in [6.45, 7) is 4.18. The van der Waals surface area contributed by atoms with Crippen LogP contribution in [0, 0.1) is 5.92 Å². The minimum Gasteiger partial charge on any atom is -0.508 e. The van der Waals surface area contributed by atoms with Crippen LogP contribution < -0.4 is 5.73 Å². The highest BCUT2D eigenvalue weighted by Gasteiger charge is 2.10. The van der Waals surface area contributed by atoms with Crippen LogP contribution in [0.3, 0.4) is 0 Å². The van der Waals surface area contributed by atoms with E-state index in [0.717, 1.165) is 12.0 Å². The molecule has 1 aromatic carbocycles. The second-order valence-electron chi connectivity index (χ2n) is 3.74. The zero-order valence-corrected chi connectivity index (χ0v) is 8.20. The van der Waals surface area contributed by atoms with Gasteiger partial charge in [-0.05, 0) is 24.0 Å². The van der Waals surface area contributed by atoms with Gasteiger partial charge in [0.2, 0.25) is 0 Å². The van der Waals surface area contributed by atoms with Gasteiger partial charge < -0.3 is 10.8 Å². The smallest absolute Gasteiger partial charge is 0.118 e. The lowest BCUT2D eigenvalue weighted by molar-refractivity contribution is 0.448. The van der Waals surface area contributed by atoms with Gasteiger partial charge in [0.05, 0.1) is 0 Å². The average molecular weight is 179 g/mol. The van der Waals surface area contributed by atoms with Gasteiger partial charge in [0.1, 0.15) is 5.75 Å². The molecule has 0 aliphatic heterocycles. The zero-order chi connectivity index (χ0) is 9.84. The standard InChI is InChI=1S/C11H17NO/c1-8(2)10(12)7-9-5-3-4-6-11(9)13/h3-6,8,10,13H,7,12H2,1-2H3. The first-order valence-corrected chi connectivity index (χ1v) is 4.63. The second-order valence-corrected chi connectivity index (χ2v) is 3.74. The summed E-state index contributed by atoms with van der Waals surface area (Å²) in [5, 5.41) is 9.49. The Morgan fingerprint density at radius 3 is 2.46 bits per heavy atom. The first-order chi connectivity index (χ1) is 6.11. The third kappa shape index (κ3) is 2.74. The summed E-state index contributed by atoms with van der Waals surface area (Å²) in [5.74, 6) is 0.790. The maximum atomic E-state index is 9.49. The van der Waals surface area contributed by atoms with Crippen LogP contribution in [0.2, 0.25) is 0 Å². The maximum absolute atomic E-state index is 9.49. The Morgan fingerprint density at radius 2 is 1.92 bits per heavy atom. The van der Waals surface area contributed by atoms with Gasteiger partial charge >= 0.3 is 0 Å². The predicted molar refractivity (Wildman–Crippen MR) is 54.6 cm³/mol. The molecular formula is C11H17NO. The summed E-state index contributed by atoms with van der Waals surface area (Å²) in [4.78, 5) is 0. The van der Waals surface area contributed by atoms with Crippen LogP contribution in [0.4, 0.5) is 0 Å². The quantitative estimate of drug-likeness (QED) is 0.744. The van der Waals surface area contributed by atoms with E-state index < -0.39 is 0 Å². The SMILES string of the molecule is CC(C)C(N)Cc1ccccc1O. The Bertz CT molecular complexity index is 271. The molecule has 0 aromatic heterocycles. The van der Waals surface area contributed by atoms with Crippen molar-refractivity contribution in [1.82, 2.24) is 0 Å². The van der Waals surface area contributed by atoms with Crippen molar-refractivity contribution in [2.24, 2.45) is 11.7 Å². The van der Waals surface area contributed by atoms with Crippen molar-refractivity contribution in [2.75, 3.05) is 0 Å². The lowest BCUT2D eigenvalue weighted by atomic mass is 9.97. The first kappa shape index (κ1) is 10.1. The molecule has 0 aliphatic rings. The van der Waals surface area contributed by atoms with Crippen molar-refractivity contribution in [1.29, 1.82) is 0 Å². The highest BCUT2D eigenvalue weighted by molar-refractivity contribution is 5.32. The Balaban J connectivity index is 2.69. The van der Waals surface area contributed by atoms with E-state index >= 15 is 0 Å². The number of hydrogen-bond donors (Lipinski definition) is 2. The largest absolute Gasteiger partial charge is 0.508 e. The molecular weight excluding hydrogens is 162 g/mol. The molecule has 0 aliphatic carbocycles. The van der Waals surface area contributed by atoms with Crippen LogP contribution >= 0.6 is 0 Å². The number of hydrogen-bond acceptors (Lipinski definition) is 2. The van der Waals surface area contributed by atoms with Crippen molar-refractivity contribution in [2.45, 2.75) is 26.3 Å². The number of rotatable bonds is 3. The average Bonchev–Trinajstić information content (AvgIpc) is 2.08. The van der Waals surface area contributed by atoms with E-state index in [-0.39, 0.29) is 6.04 Å². The molecule has 72 valence electrons. The highest BCUT2D eigenvalue weighted by atomic mass is 16.3. The van der Waals surface area contributed by atoms with E-state index in [4.69, 9.17) is 5.73 Å². The number of aromatic hydroxyl groups is 1. The van der Waals surface area contributed by atoms with E-state index in [1.807, 2.05) is 18.2 Å². The Hall–Kier alpha value is -1.02. The summed E-state index contributed by atoms with van der Waals surface area (Å²) in [7, 11) is 0. The van der Waals surface area contributed by atoms with E-state index in [2.05, 4.69) is 13.8 Å². The number of phenolic OH excluding ortho intramolecular Hbond substituents is 1. The Labute approximate surface area is 79.4 Å². The molecule has 0 heterocycles. The predicted octanol–water partition coefficient (Wildman–Crippen LogP) is 1.92. The molecule has 2 nitrogen and oxygen atoms in total. The summed E-state index contributed by atoms with van der Waals surface area (Å²) >= 11 is 0. The topological polar surface area (TPSA) is 46.2 Å². The van der Waals surface area contributed by atoms with Gasteiger partial charge in [-0.3, -0.25) is 0 Å². The molecule has 0 fully saturated rings. The van der Waals surface area contributed by atoms with Crippen LogP contribution in [0.5, 0.6) is 5.75 Å². The van der Waals surface area contributed by atoms with E-state index in [0.29, 0.717) is 11.7 Å². The fourth-order valence-corrected chi connectivity index (χ4v) is 1.17. The Morgan fingerprint density at radius 1 is 1.31 bits per heavy atom. The van der Waals surface area contributed by atoms with Crippen LogP contribution in [0.1, 0.15) is 19.4 Å². The molecule has 1 unspecified atom stereocenters. The van der Waals surface area contributed by atoms with Gasteiger partial charge in [0, 0.05) is 6.04 Å². The summed E-state index contributed by atoms with van der Waals surface area (Å²) in [6.07, 6.45) is 0.740. The third-order valence-corrected chi connectivity index (χ3v) is 2.30. The molecule has 13 heavy (non-hydrogen) atoms. The first-order valence-electron chi connectivity index (χ1n) is 4.63. The molecule has 2 heteroatoms. The molecule has 0 spiro atoms. The zero-order valence-electron chi connectivity index (χ0n) is 8.20. The monoisotopic (exact) mass is 179 g/mol. The van der Waals surface area contributed by atoms with Crippen LogP contribution in [-0.2, 0) is 6.42 Å². The molecule has 0 bridgehead atoms. The molecule has 1 aromatic rings. The molecule has 0 saturated carbocycles. The summed E-state index contributed by atoms with van der Waals surface area (Å²) < 4.78 is 0. The van der Waals surface area contributed by atoms with Gasteiger partial charge in [-0.2, -0.15) is 0 Å². The van der Waals surface area contributed by atoms with Crippen molar-refractivity contribution < 1.29 is 5.11 Å². The minimum absolute atomic E-state index is 0.119.